The van der Waals surface area contributed by atoms with E-state index < -0.39 is 5.82 Å². The Morgan fingerprint density at radius 2 is 1.95 bits per heavy atom. The minimum atomic E-state index is -0.494. The fourth-order valence-corrected chi connectivity index (χ4v) is 6.27. The van der Waals surface area contributed by atoms with Crippen molar-refractivity contribution in [3.63, 3.8) is 0 Å². The SMILES string of the molecule is C=CC(=O)N1CCN(c2nc(O[C@@H]3CN(C)C[C@H]3OC)nc3c2CCCN3Cc2c(Cl)c(F)cc3[nH]ncc23)CC1. The molecular weight excluding hydrogens is 551 g/mol. The first-order valence-electron chi connectivity index (χ1n) is 13.9. The van der Waals surface area contributed by atoms with E-state index in [2.05, 4.69) is 31.5 Å². The molecule has 0 aliphatic carbocycles. The number of nitrogens with one attached hydrogen (secondary N) is 1. The Kier molecular flexibility index (Phi) is 7.71. The minimum absolute atomic E-state index is 0.0712. The Balaban J connectivity index is 1.37. The van der Waals surface area contributed by atoms with Gasteiger partial charge in [-0.05, 0) is 26.0 Å². The van der Waals surface area contributed by atoms with Crippen LogP contribution in [0.3, 0.4) is 0 Å². The smallest absolute Gasteiger partial charge is 0.320 e. The van der Waals surface area contributed by atoms with Gasteiger partial charge in [-0.1, -0.05) is 18.2 Å². The van der Waals surface area contributed by atoms with E-state index in [1.54, 1.807) is 18.2 Å². The molecule has 3 aromatic rings. The number of likely N-dealkylation sites (tertiary alicyclic amines) is 1. The number of piperazine rings is 1. The summed E-state index contributed by atoms with van der Waals surface area (Å²) < 4.78 is 26.8. The first-order chi connectivity index (χ1) is 19.9. The first-order valence-corrected chi connectivity index (χ1v) is 14.2. The molecule has 13 heteroatoms. The summed E-state index contributed by atoms with van der Waals surface area (Å²) in [4.78, 5) is 30.3. The van der Waals surface area contributed by atoms with Gasteiger partial charge in [-0.3, -0.25) is 14.8 Å². The van der Waals surface area contributed by atoms with Crippen LogP contribution in [-0.2, 0) is 22.5 Å². The van der Waals surface area contributed by atoms with Crippen molar-refractivity contribution < 1.29 is 18.7 Å². The van der Waals surface area contributed by atoms with E-state index in [0.29, 0.717) is 56.9 Å². The molecule has 2 saturated heterocycles. The van der Waals surface area contributed by atoms with Gasteiger partial charge in [0.1, 0.15) is 29.7 Å². The van der Waals surface area contributed by atoms with Crippen molar-refractivity contribution in [3.8, 4) is 6.01 Å². The highest BCUT2D eigenvalue weighted by molar-refractivity contribution is 6.32. The van der Waals surface area contributed by atoms with Crippen LogP contribution in [0.15, 0.2) is 24.9 Å². The zero-order valence-corrected chi connectivity index (χ0v) is 24.0. The van der Waals surface area contributed by atoms with Crippen molar-refractivity contribution in [1.82, 2.24) is 30.0 Å². The number of amides is 1. The Hall–Kier alpha value is -3.48. The normalized spacial score (nSPS) is 21.4. The molecule has 5 heterocycles. The summed E-state index contributed by atoms with van der Waals surface area (Å²) in [6.45, 7) is 8.52. The number of methoxy groups -OCH3 is 1. The van der Waals surface area contributed by atoms with E-state index in [4.69, 9.17) is 31.0 Å². The number of hydrogen-bond donors (Lipinski definition) is 1. The number of fused-ring (bicyclic) bond motifs is 2. The van der Waals surface area contributed by atoms with E-state index in [0.717, 1.165) is 42.0 Å². The van der Waals surface area contributed by atoms with Crippen molar-refractivity contribution in [2.45, 2.75) is 31.6 Å². The van der Waals surface area contributed by atoms with Gasteiger partial charge in [0, 0.05) is 82.0 Å². The number of ether oxygens (including phenoxy) is 2. The predicted molar refractivity (Wildman–Crippen MR) is 154 cm³/mol. The first kappa shape index (κ1) is 27.7. The molecule has 218 valence electrons. The number of nitrogens with zero attached hydrogens (tertiary/aromatic N) is 7. The third kappa shape index (κ3) is 5.31. The standard InChI is InChI=1S/C28H34ClFN8O3/c1-4-24(39)36-8-10-37(11-9-36)26-17-6-5-7-38(14-19-18-13-31-34-21(18)12-20(30)25(19)29)27(17)33-28(32-26)41-23-16-35(2)15-22(23)40-3/h4,12-13,22-23H,1,5-11,14-16H2,2-3H3,(H,31,34)/t22-,23-/m1/s1. The molecule has 0 saturated carbocycles. The highest BCUT2D eigenvalue weighted by atomic mass is 35.5. The van der Waals surface area contributed by atoms with Crippen LogP contribution in [0.25, 0.3) is 10.9 Å². The number of likely N-dealkylation sites (N-methyl/N-ethyl adjacent to an activating group) is 1. The average molecular weight is 585 g/mol. The van der Waals surface area contributed by atoms with Crippen LogP contribution >= 0.6 is 11.6 Å². The number of anilines is 2. The fourth-order valence-electron chi connectivity index (χ4n) is 6.06. The summed E-state index contributed by atoms with van der Waals surface area (Å²) in [5.74, 6) is 0.988. The fraction of sp³-hybridized carbons (Fsp3) is 0.500. The van der Waals surface area contributed by atoms with Gasteiger partial charge in [0.05, 0.1) is 16.7 Å². The molecule has 41 heavy (non-hydrogen) atoms. The van der Waals surface area contributed by atoms with E-state index in [1.165, 1.54) is 12.1 Å². The lowest BCUT2D eigenvalue weighted by Gasteiger charge is -2.38. The zero-order valence-electron chi connectivity index (χ0n) is 23.3. The molecule has 6 rings (SSSR count). The Morgan fingerprint density at radius 1 is 1.20 bits per heavy atom. The van der Waals surface area contributed by atoms with Crippen LogP contribution < -0.4 is 14.5 Å². The monoisotopic (exact) mass is 584 g/mol. The number of carbonyl (C=O) groups is 1. The number of H-pyrrole nitrogens is 1. The number of aromatic amines is 1. The van der Waals surface area contributed by atoms with Crippen molar-refractivity contribution in [2.75, 3.05) is 69.8 Å². The van der Waals surface area contributed by atoms with Crippen molar-refractivity contribution in [2.24, 2.45) is 0 Å². The number of aromatic nitrogens is 4. The number of halogens is 2. The summed E-state index contributed by atoms with van der Waals surface area (Å²) in [6.07, 6.45) is 4.36. The Morgan fingerprint density at radius 3 is 2.71 bits per heavy atom. The van der Waals surface area contributed by atoms with Gasteiger partial charge in [-0.25, -0.2) is 4.39 Å². The molecule has 2 atom stereocenters. The van der Waals surface area contributed by atoms with E-state index in [1.807, 2.05) is 7.05 Å². The molecule has 2 aromatic heterocycles. The number of hydrogen-bond acceptors (Lipinski definition) is 9. The lowest BCUT2D eigenvalue weighted by Crippen LogP contribution is -2.49. The van der Waals surface area contributed by atoms with Gasteiger partial charge in [0.15, 0.2) is 0 Å². The molecule has 1 aromatic carbocycles. The van der Waals surface area contributed by atoms with Gasteiger partial charge < -0.3 is 24.2 Å². The summed E-state index contributed by atoms with van der Waals surface area (Å²) >= 11 is 6.50. The molecular formula is C28H34ClFN8O3. The van der Waals surface area contributed by atoms with Crippen molar-refractivity contribution in [3.05, 3.63) is 46.9 Å². The lowest BCUT2D eigenvalue weighted by molar-refractivity contribution is -0.126. The summed E-state index contributed by atoms with van der Waals surface area (Å²) in [5.41, 5.74) is 2.25. The molecule has 0 spiro atoms. The Labute approximate surface area is 242 Å². The van der Waals surface area contributed by atoms with E-state index >= 15 is 0 Å². The summed E-state index contributed by atoms with van der Waals surface area (Å²) in [6, 6.07) is 1.64. The number of benzene rings is 1. The maximum Gasteiger partial charge on any atom is 0.320 e. The molecule has 0 bridgehead atoms. The quantitative estimate of drug-likeness (QED) is 0.420. The molecule has 0 radical (unpaired) electrons. The Bertz CT molecular complexity index is 1460. The van der Waals surface area contributed by atoms with Crippen LogP contribution in [-0.4, -0.2) is 108 Å². The summed E-state index contributed by atoms with van der Waals surface area (Å²) in [5, 5.41) is 7.80. The van der Waals surface area contributed by atoms with Gasteiger partial charge in [0.2, 0.25) is 5.91 Å². The predicted octanol–water partition coefficient (Wildman–Crippen LogP) is 2.64. The minimum Gasteiger partial charge on any atom is -0.456 e. The molecule has 1 N–H and O–H groups in total. The highest BCUT2D eigenvalue weighted by Crippen LogP contribution is 2.38. The van der Waals surface area contributed by atoms with Crippen LogP contribution in [0.1, 0.15) is 17.5 Å². The maximum absolute atomic E-state index is 14.8. The third-order valence-corrected chi connectivity index (χ3v) is 8.62. The van der Waals surface area contributed by atoms with Crippen LogP contribution in [0, 0.1) is 5.82 Å². The molecule has 3 aliphatic heterocycles. The second-order valence-electron chi connectivity index (χ2n) is 10.8. The topological polar surface area (TPSA) is 103 Å². The van der Waals surface area contributed by atoms with Crippen molar-refractivity contribution >= 4 is 40.0 Å². The molecule has 1 amide bonds. The largest absolute Gasteiger partial charge is 0.456 e. The second-order valence-corrected chi connectivity index (χ2v) is 11.2. The van der Waals surface area contributed by atoms with Gasteiger partial charge >= 0.3 is 6.01 Å². The van der Waals surface area contributed by atoms with Gasteiger partial charge in [-0.15, -0.1) is 0 Å². The molecule has 2 fully saturated rings. The maximum atomic E-state index is 14.8. The number of rotatable bonds is 7. The second kappa shape index (κ2) is 11.4. The average Bonchev–Trinajstić information content (AvgIpc) is 3.60. The molecule has 11 nitrogen and oxygen atoms in total. The van der Waals surface area contributed by atoms with Crippen molar-refractivity contribution in [1.29, 1.82) is 0 Å². The van der Waals surface area contributed by atoms with Crippen LogP contribution in [0.4, 0.5) is 16.0 Å². The molecule has 3 aliphatic rings. The lowest BCUT2D eigenvalue weighted by atomic mass is 10.0. The van der Waals surface area contributed by atoms with E-state index in [-0.39, 0.29) is 29.1 Å². The van der Waals surface area contributed by atoms with Crippen LogP contribution in [0.2, 0.25) is 5.02 Å². The zero-order chi connectivity index (χ0) is 28.7. The number of carbonyl (C=O) groups excluding carboxylic acids is 1. The van der Waals surface area contributed by atoms with Gasteiger partial charge in [0.25, 0.3) is 0 Å². The highest BCUT2D eigenvalue weighted by Gasteiger charge is 2.35. The molecule has 0 unspecified atom stereocenters. The third-order valence-electron chi connectivity index (χ3n) is 8.21. The van der Waals surface area contributed by atoms with E-state index in [9.17, 15) is 9.18 Å². The van der Waals surface area contributed by atoms with Gasteiger partial charge in [-0.2, -0.15) is 15.1 Å². The van der Waals surface area contributed by atoms with Crippen LogP contribution in [0.5, 0.6) is 6.01 Å². The summed E-state index contributed by atoms with van der Waals surface area (Å²) in [7, 11) is 3.71.